The molecule has 1 fully saturated rings. The van der Waals surface area contributed by atoms with Crippen molar-refractivity contribution in [2.75, 3.05) is 30.5 Å². The van der Waals surface area contributed by atoms with Crippen molar-refractivity contribution in [2.45, 2.75) is 37.5 Å². The zero-order chi connectivity index (χ0) is 23.6. The number of rotatable bonds is 5. The van der Waals surface area contributed by atoms with Crippen LogP contribution in [0.1, 0.15) is 42.1 Å². The molecule has 0 saturated carbocycles. The first-order chi connectivity index (χ1) is 15.8. The first-order valence-electron chi connectivity index (χ1n) is 11.3. The van der Waals surface area contributed by atoms with Crippen molar-refractivity contribution in [1.29, 1.82) is 0 Å². The van der Waals surface area contributed by atoms with Crippen molar-refractivity contribution in [3.63, 3.8) is 0 Å². The minimum Gasteiger partial charge on any atom is -0.356 e. The number of amides is 2. The van der Waals surface area contributed by atoms with E-state index in [1.807, 2.05) is 31.2 Å². The summed E-state index contributed by atoms with van der Waals surface area (Å²) in [5, 5.41) is 3.00. The van der Waals surface area contributed by atoms with Gasteiger partial charge in [0.05, 0.1) is 27.1 Å². The largest absolute Gasteiger partial charge is 0.356 e. The Kier molecular flexibility index (Phi) is 6.95. The molecule has 7 nitrogen and oxygen atoms in total. The zero-order valence-corrected chi connectivity index (χ0v) is 20.2. The highest BCUT2D eigenvalue weighted by molar-refractivity contribution is 7.92. The summed E-state index contributed by atoms with van der Waals surface area (Å²) in [6, 6.07) is 11.7. The number of hydrogen-bond donors (Lipinski definition) is 1. The molecule has 2 aliphatic rings. The van der Waals surface area contributed by atoms with E-state index in [9.17, 15) is 18.0 Å². The molecule has 2 aliphatic heterocycles. The first-order valence-corrected chi connectivity index (χ1v) is 13.1. The van der Waals surface area contributed by atoms with Gasteiger partial charge in [0.1, 0.15) is 0 Å². The molecule has 33 heavy (non-hydrogen) atoms. The third-order valence-corrected chi connectivity index (χ3v) is 8.39. The van der Waals surface area contributed by atoms with Crippen LogP contribution in [0.5, 0.6) is 0 Å². The number of fused-ring (bicyclic) bond motifs is 1. The van der Waals surface area contributed by atoms with Gasteiger partial charge in [-0.25, -0.2) is 8.42 Å². The fourth-order valence-corrected chi connectivity index (χ4v) is 6.34. The smallest absolute Gasteiger partial charge is 0.264 e. The van der Waals surface area contributed by atoms with Gasteiger partial charge in [0.2, 0.25) is 5.91 Å². The molecule has 2 heterocycles. The number of piperidine rings is 1. The molecule has 0 spiro atoms. The van der Waals surface area contributed by atoms with Crippen LogP contribution in [0.15, 0.2) is 47.4 Å². The Balaban J connectivity index is 1.62. The fraction of sp³-hybridized carbons (Fsp3) is 0.417. The Labute approximate surface area is 199 Å². The van der Waals surface area contributed by atoms with Crippen LogP contribution in [0.3, 0.4) is 0 Å². The lowest BCUT2D eigenvalue weighted by Crippen LogP contribution is -2.45. The molecule has 9 heteroatoms. The number of sulfonamides is 1. The molecule has 1 N–H and O–H groups in total. The van der Waals surface area contributed by atoms with Gasteiger partial charge >= 0.3 is 0 Å². The number of anilines is 1. The van der Waals surface area contributed by atoms with E-state index >= 15 is 0 Å². The third kappa shape index (κ3) is 4.73. The summed E-state index contributed by atoms with van der Waals surface area (Å²) in [5.74, 6) is -0.704. The van der Waals surface area contributed by atoms with E-state index in [-0.39, 0.29) is 39.8 Å². The summed E-state index contributed by atoms with van der Waals surface area (Å²) < 4.78 is 28.5. The van der Waals surface area contributed by atoms with Crippen molar-refractivity contribution in [1.82, 2.24) is 10.2 Å². The molecular weight excluding hydrogens is 462 g/mol. The Morgan fingerprint density at radius 1 is 1.12 bits per heavy atom. The van der Waals surface area contributed by atoms with E-state index in [2.05, 4.69) is 5.32 Å². The van der Waals surface area contributed by atoms with Crippen LogP contribution < -0.4 is 9.62 Å². The molecule has 176 valence electrons. The number of benzene rings is 2. The molecule has 1 atom stereocenters. The number of para-hydroxylation sites is 1. The second-order valence-corrected chi connectivity index (χ2v) is 10.7. The summed E-state index contributed by atoms with van der Waals surface area (Å²) in [7, 11) is -3.87. The van der Waals surface area contributed by atoms with Gasteiger partial charge < -0.3 is 10.2 Å². The standard InChI is InChI=1S/C24H28ClN3O4S/c1-2-26-23(29)18-9-5-13-27(16-18)24(30)20-15-19(11-12-21(20)25)33(31,32)28-14-6-8-17-7-3-4-10-22(17)28/h3-4,7,10-12,15,18H,2,5-6,8-9,13-14,16H2,1H3,(H,26,29). The quantitative estimate of drug-likeness (QED) is 0.696. The van der Waals surface area contributed by atoms with Crippen LogP contribution in [0.25, 0.3) is 0 Å². The summed E-state index contributed by atoms with van der Waals surface area (Å²) in [4.78, 5) is 27.2. The van der Waals surface area contributed by atoms with Crippen molar-refractivity contribution in [2.24, 2.45) is 5.92 Å². The monoisotopic (exact) mass is 489 g/mol. The highest BCUT2D eigenvalue weighted by atomic mass is 35.5. The molecular formula is C24H28ClN3O4S. The van der Waals surface area contributed by atoms with Crippen LogP contribution >= 0.6 is 11.6 Å². The molecule has 1 saturated heterocycles. The van der Waals surface area contributed by atoms with E-state index in [0.717, 1.165) is 18.4 Å². The fourth-order valence-electron chi connectivity index (χ4n) is 4.57. The molecule has 2 aromatic carbocycles. The van der Waals surface area contributed by atoms with Gasteiger partial charge in [-0.15, -0.1) is 0 Å². The van der Waals surface area contributed by atoms with Gasteiger partial charge in [0.15, 0.2) is 0 Å². The van der Waals surface area contributed by atoms with Crippen molar-refractivity contribution < 1.29 is 18.0 Å². The van der Waals surface area contributed by atoms with Crippen LogP contribution in [-0.2, 0) is 21.2 Å². The van der Waals surface area contributed by atoms with E-state index in [0.29, 0.717) is 38.2 Å². The van der Waals surface area contributed by atoms with Crippen LogP contribution in [0, 0.1) is 5.92 Å². The minimum atomic E-state index is -3.87. The van der Waals surface area contributed by atoms with E-state index < -0.39 is 10.0 Å². The van der Waals surface area contributed by atoms with E-state index in [4.69, 9.17) is 11.6 Å². The summed E-state index contributed by atoms with van der Waals surface area (Å²) >= 11 is 6.34. The van der Waals surface area contributed by atoms with Gasteiger partial charge in [-0.1, -0.05) is 29.8 Å². The molecule has 1 unspecified atom stereocenters. The first kappa shape index (κ1) is 23.6. The molecule has 0 bridgehead atoms. The predicted octanol–water partition coefficient (Wildman–Crippen LogP) is 3.47. The van der Waals surface area contributed by atoms with Crippen molar-refractivity contribution in [3.05, 3.63) is 58.6 Å². The SMILES string of the molecule is CCNC(=O)C1CCCN(C(=O)c2cc(S(=O)(=O)N3CCCc4ccccc43)ccc2Cl)C1. The number of likely N-dealkylation sites (tertiary alicyclic amines) is 1. The lowest BCUT2D eigenvalue weighted by Gasteiger charge is -2.32. The highest BCUT2D eigenvalue weighted by Crippen LogP contribution is 2.33. The molecule has 2 amide bonds. The van der Waals surface area contributed by atoms with Gasteiger partial charge in [-0.2, -0.15) is 0 Å². The van der Waals surface area contributed by atoms with Crippen LogP contribution in [-0.4, -0.2) is 51.3 Å². The molecule has 2 aromatic rings. The number of carbonyl (C=O) groups is 2. The van der Waals surface area contributed by atoms with Gasteiger partial charge in [-0.05, 0) is 62.4 Å². The molecule has 0 radical (unpaired) electrons. The van der Waals surface area contributed by atoms with Gasteiger partial charge in [0.25, 0.3) is 15.9 Å². The van der Waals surface area contributed by atoms with E-state index in [1.54, 1.807) is 4.90 Å². The number of halogens is 1. The number of hydrogen-bond acceptors (Lipinski definition) is 4. The maximum atomic E-state index is 13.5. The predicted molar refractivity (Wildman–Crippen MR) is 128 cm³/mol. The second-order valence-electron chi connectivity index (χ2n) is 8.44. The topological polar surface area (TPSA) is 86.8 Å². The second kappa shape index (κ2) is 9.73. The number of nitrogens with zero attached hydrogens (tertiary/aromatic N) is 2. The average Bonchev–Trinajstić information content (AvgIpc) is 2.83. The Hall–Kier alpha value is -2.58. The summed E-state index contributed by atoms with van der Waals surface area (Å²) in [6.07, 6.45) is 2.97. The zero-order valence-electron chi connectivity index (χ0n) is 18.6. The maximum Gasteiger partial charge on any atom is 0.264 e. The van der Waals surface area contributed by atoms with Crippen LogP contribution in [0.2, 0.25) is 5.02 Å². The number of nitrogens with one attached hydrogen (secondary N) is 1. The minimum absolute atomic E-state index is 0.0317. The molecule has 0 aliphatic carbocycles. The Bertz CT molecular complexity index is 1170. The van der Waals surface area contributed by atoms with Crippen molar-refractivity contribution in [3.8, 4) is 0 Å². The highest BCUT2D eigenvalue weighted by Gasteiger charge is 2.32. The number of carbonyl (C=O) groups excluding carboxylic acids is 2. The normalized spacial score (nSPS) is 18.5. The van der Waals surface area contributed by atoms with E-state index in [1.165, 1.54) is 22.5 Å². The molecule has 0 aromatic heterocycles. The molecule has 4 rings (SSSR count). The summed E-state index contributed by atoms with van der Waals surface area (Å²) in [6.45, 7) is 3.56. The number of aryl methyl sites for hydroxylation is 1. The lowest BCUT2D eigenvalue weighted by molar-refractivity contribution is -0.126. The van der Waals surface area contributed by atoms with Gasteiger partial charge in [-0.3, -0.25) is 13.9 Å². The summed E-state index contributed by atoms with van der Waals surface area (Å²) in [5.41, 5.74) is 1.80. The Morgan fingerprint density at radius 3 is 2.70 bits per heavy atom. The average molecular weight is 490 g/mol. The lowest BCUT2D eigenvalue weighted by atomic mass is 9.96. The van der Waals surface area contributed by atoms with Gasteiger partial charge in [0, 0.05) is 26.2 Å². The Morgan fingerprint density at radius 2 is 1.91 bits per heavy atom. The maximum absolute atomic E-state index is 13.5. The van der Waals surface area contributed by atoms with Crippen molar-refractivity contribution >= 4 is 39.1 Å². The van der Waals surface area contributed by atoms with Crippen LogP contribution in [0.4, 0.5) is 5.69 Å². The third-order valence-electron chi connectivity index (χ3n) is 6.25.